The third-order valence-electron chi connectivity index (χ3n) is 3.63. The van der Waals surface area contributed by atoms with Crippen molar-refractivity contribution in [1.82, 2.24) is 10.2 Å². The Kier molecular flexibility index (Phi) is 7.98. The lowest BCUT2D eigenvalue weighted by molar-refractivity contribution is -0.385. The number of nitrogens with one attached hydrogen (secondary N) is 2. The molecule has 1 aromatic rings. The monoisotopic (exact) mass is 366 g/mol. The molecule has 0 radical (unpaired) electrons. The van der Waals surface area contributed by atoms with Crippen LogP contribution >= 0.6 is 0 Å². The number of ether oxygens (including phenoxy) is 1. The second-order valence-corrected chi connectivity index (χ2v) is 6.17. The van der Waals surface area contributed by atoms with E-state index in [4.69, 9.17) is 4.74 Å². The van der Waals surface area contributed by atoms with Gasteiger partial charge in [-0.25, -0.2) is 0 Å². The van der Waals surface area contributed by atoms with Crippen LogP contribution in [0.4, 0.5) is 11.4 Å². The van der Waals surface area contributed by atoms with Gasteiger partial charge < -0.3 is 15.4 Å². The minimum absolute atomic E-state index is 0.0285. The van der Waals surface area contributed by atoms with Crippen molar-refractivity contribution in [1.29, 1.82) is 0 Å². The summed E-state index contributed by atoms with van der Waals surface area (Å²) < 4.78 is 5.02. The number of aryl methyl sites for hydroxylation is 1. The zero-order chi connectivity index (χ0) is 19.9. The molecule has 144 valence electrons. The van der Waals surface area contributed by atoms with Gasteiger partial charge in [-0.3, -0.25) is 24.6 Å². The molecule has 0 fully saturated rings. The molecular formula is C17H26N4O5. The number of hydrogen-bond acceptors (Lipinski definition) is 6. The van der Waals surface area contributed by atoms with Gasteiger partial charge in [0.1, 0.15) is 0 Å². The van der Waals surface area contributed by atoms with Crippen molar-refractivity contribution in [2.45, 2.75) is 33.7 Å². The number of nitro benzene ring substituents is 1. The first kappa shape index (κ1) is 21.4. The van der Waals surface area contributed by atoms with Crippen LogP contribution in [0.1, 0.15) is 26.3 Å². The molecule has 0 aliphatic heterocycles. The first-order valence-electron chi connectivity index (χ1n) is 8.32. The molecule has 2 amide bonds. The summed E-state index contributed by atoms with van der Waals surface area (Å²) in [4.78, 5) is 36.3. The molecule has 0 saturated carbocycles. The van der Waals surface area contributed by atoms with Gasteiger partial charge in [0.05, 0.1) is 25.1 Å². The Balaban J connectivity index is 2.80. The Morgan fingerprint density at radius 1 is 1.27 bits per heavy atom. The predicted molar refractivity (Wildman–Crippen MR) is 98.4 cm³/mol. The number of anilines is 1. The highest BCUT2D eigenvalue weighted by atomic mass is 16.6. The summed E-state index contributed by atoms with van der Waals surface area (Å²) in [5.41, 5.74) is 0.815. The number of nitro groups is 1. The molecule has 0 bridgehead atoms. The van der Waals surface area contributed by atoms with Gasteiger partial charge in [-0.15, -0.1) is 0 Å². The Morgan fingerprint density at radius 3 is 2.38 bits per heavy atom. The molecule has 0 atom stereocenters. The zero-order valence-electron chi connectivity index (χ0n) is 15.8. The first-order chi connectivity index (χ1) is 12.2. The third-order valence-corrected chi connectivity index (χ3v) is 3.63. The molecule has 0 aromatic heterocycles. The molecule has 9 heteroatoms. The second kappa shape index (κ2) is 9.71. The van der Waals surface area contributed by atoms with Gasteiger partial charge in [-0.1, -0.05) is 6.92 Å². The molecule has 0 saturated heterocycles. The van der Waals surface area contributed by atoms with Gasteiger partial charge in [-0.2, -0.15) is 0 Å². The summed E-state index contributed by atoms with van der Waals surface area (Å²) in [5, 5.41) is 16.5. The molecule has 1 aromatic carbocycles. The van der Waals surface area contributed by atoms with E-state index in [1.165, 1.54) is 19.2 Å². The number of carbonyl (C=O) groups excluding carboxylic acids is 2. The van der Waals surface area contributed by atoms with E-state index in [0.29, 0.717) is 17.8 Å². The lowest BCUT2D eigenvalue weighted by Crippen LogP contribution is -2.42. The van der Waals surface area contributed by atoms with Crippen molar-refractivity contribution < 1.29 is 19.2 Å². The lowest BCUT2D eigenvalue weighted by atomic mass is 10.1. The summed E-state index contributed by atoms with van der Waals surface area (Å²) >= 11 is 0. The Bertz CT molecular complexity index is 675. The fraction of sp³-hybridized carbons (Fsp3) is 0.529. The quantitative estimate of drug-likeness (QED) is 0.508. The number of benzene rings is 1. The number of amides is 2. The van der Waals surface area contributed by atoms with E-state index in [1.807, 2.05) is 20.8 Å². The summed E-state index contributed by atoms with van der Waals surface area (Å²) in [6.07, 6.45) is 0. The van der Waals surface area contributed by atoms with Gasteiger partial charge in [0.15, 0.2) is 5.75 Å². The maximum Gasteiger partial charge on any atom is 0.311 e. The van der Waals surface area contributed by atoms with E-state index < -0.39 is 4.92 Å². The Labute approximate surface area is 152 Å². The van der Waals surface area contributed by atoms with E-state index >= 15 is 0 Å². The van der Waals surface area contributed by atoms with E-state index in [2.05, 4.69) is 10.6 Å². The van der Waals surface area contributed by atoms with Crippen molar-refractivity contribution >= 4 is 23.2 Å². The number of likely N-dealkylation sites (N-methyl/N-ethyl adjacent to an activating group) is 1. The summed E-state index contributed by atoms with van der Waals surface area (Å²) in [7, 11) is 1.33. The van der Waals surface area contributed by atoms with Gasteiger partial charge in [0.2, 0.25) is 11.8 Å². The number of hydrogen-bond donors (Lipinski definition) is 2. The highest BCUT2D eigenvalue weighted by Crippen LogP contribution is 2.32. The molecule has 1 rings (SSSR count). The van der Waals surface area contributed by atoms with Crippen molar-refractivity contribution in [3.63, 3.8) is 0 Å². The van der Waals surface area contributed by atoms with Crippen LogP contribution in [0, 0.1) is 17.0 Å². The number of nitrogens with zero attached hydrogens (tertiary/aromatic N) is 2. The van der Waals surface area contributed by atoms with Crippen LogP contribution in [-0.4, -0.2) is 54.4 Å². The standard InChI is InChI=1S/C17H26N4O5/c1-6-20(9-16(22)18-11(2)3)10-17(23)19-13-8-15(26-5)14(21(24)25)7-12(13)4/h7-8,11H,6,9-10H2,1-5H3,(H,18,22)(H,19,23). The van der Waals surface area contributed by atoms with Crippen molar-refractivity contribution in [3.05, 3.63) is 27.8 Å². The second-order valence-electron chi connectivity index (χ2n) is 6.17. The summed E-state index contributed by atoms with van der Waals surface area (Å²) in [6.45, 7) is 7.93. The fourth-order valence-corrected chi connectivity index (χ4v) is 2.36. The van der Waals surface area contributed by atoms with Crippen LogP contribution in [0.3, 0.4) is 0 Å². The van der Waals surface area contributed by atoms with Gasteiger partial charge in [-0.05, 0) is 32.9 Å². The summed E-state index contributed by atoms with van der Waals surface area (Å²) in [6, 6.07) is 2.81. The molecule has 0 unspecified atom stereocenters. The average Bonchev–Trinajstić information content (AvgIpc) is 2.54. The van der Waals surface area contributed by atoms with Gasteiger partial charge >= 0.3 is 5.69 Å². The van der Waals surface area contributed by atoms with Crippen LogP contribution in [0.15, 0.2) is 12.1 Å². The van der Waals surface area contributed by atoms with Crippen molar-refractivity contribution in [2.24, 2.45) is 0 Å². The molecule has 26 heavy (non-hydrogen) atoms. The van der Waals surface area contributed by atoms with E-state index in [9.17, 15) is 19.7 Å². The van der Waals surface area contributed by atoms with Crippen LogP contribution in [-0.2, 0) is 9.59 Å². The topological polar surface area (TPSA) is 114 Å². The first-order valence-corrected chi connectivity index (χ1v) is 8.32. The molecule has 9 nitrogen and oxygen atoms in total. The summed E-state index contributed by atoms with van der Waals surface area (Å²) in [5.74, 6) is -0.398. The fourth-order valence-electron chi connectivity index (χ4n) is 2.36. The van der Waals surface area contributed by atoms with Gasteiger partial charge in [0, 0.05) is 23.9 Å². The number of carbonyl (C=O) groups is 2. The predicted octanol–water partition coefficient (Wildman–Crippen LogP) is 1.70. The highest BCUT2D eigenvalue weighted by molar-refractivity contribution is 5.94. The maximum atomic E-state index is 12.3. The average molecular weight is 366 g/mol. The van der Waals surface area contributed by atoms with Crippen molar-refractivity contribution in [3.8, 4) is 5.75 Å². The molecule has 0 spiro atoms. The van der Waals surface area contributed by atoms with Crippen molar-refractivity contribution in [2.75, 3.05) is 32.1 Å². The molecule has 0 aliphatic carbocycles. The minimum Gasteiger partial charge on any atom is -0.490 e. The molecule has 0 aliphatic rings. The smallest absolute Gasteiger partial charge is 0.311 e. The Hall–Kier alpha value is -2.68. The SMILES string of the molecule is CCN(CC(=O)Nc1cc(OC)c([N+](=O)[O-])cc1C)CC(=O)NC(C)C. The third kappa shape index (κ3) is 6.32. The van der Waals surface area contributed by atoms with Crippen LogP contribution in [0.5, 0.6) is 5.75 Å². The molecular weight excluding hydrogens is 340 g/mol. The minimum atomic E-state index is -0.538. The van der Waals surface area contributed by atoms with E-state index in [0.717, 1.165) is 0 Å². The number of methoxy groups -OCH3 is 1. The largest absolute Gasteiger partial charge is 0.490 e. The van der Waals surface area contributed by atoms with E-state index in [1.54, 1.807) is 11.8 Å². The van der Waals surface area contributed by atoms with Crippen LogP contribution < -0.4 is 15.4 Å². The maximum absolute atomic E-state index is 12.3. The van der Waals surface area contributed by atoms with E-state index in [-0.39, 0.29) is 42.4 Å². The highest BCUT2D eigenvalue weighted by Gasteiger charge is 2.19. The van der Waals surface area contributed by atoms with Crippen LogP contribution in [0.2, 0.25) is 0 Å². The lowest BCUT2D eigenvalue weighted by Gasteiger charge is -2.20. The molecule has 2 N–H and O–H groups in total. The van der Waals surface area contributed by atoms with Gasteiger partial charge in [0.25, 0.3) is 0 Å². The normalized spacial score (nSPS) is 10.7. The van der Waals surface area contributed by atoms with Crippen LogP contribution in [0.25, 0.3) is 0 Å². The Morgan fingerprint density at radius 2 is 1.88 bits per heavy atom. The molecule has 0 heterocycles. The zero-order valence-corrected chi connectivity index (χ0v) is 15.8. The number of rotatable bonds is 9.